The number of hydrogen-bond acceptors (Lipinski definition) is 3. The van der Waals surface area contributed by atoms with Crippen molar-refractivity contribution in [3.05, 3.63) is 58.9 Å². The lowest BCUT2D eigenvalue weighted by Gasteiger charge is -2.08. The number of aromatic nitrogens is 1. The van der Waals surface area contributed by atoms with Gasteiger partial charge >= 0.3 is 0 Å². The highest BCUT2D eigenvalue weighted by molar-refractivity contribution is 6.05. The first-order valence-corrected chi connectivity index (χ1v) is 7.68. The number of benzene rings is 1. The number of carbonyl (C=O) groups excluding carboxylic acids is 2. The smallest absolute Gasteiger partial charge is 0.270 e. The Hall–Kier alpha value is -2.69. The van der Waals surface area contributed by atoms with E-state index in [9.17, 15) is 9.59 Å². The van der Waals surface area contributed by atoms with Crippen LogP contribution in [-0.4, -0.2) is 22.8 Å². The molecule has 0 unspecified atom stereocenters. The molecule has 1 fully saturated rings. The molecule has 1 aromatic heterocycles. The third kappa shape index (κ3) is 3.94. The Morgan fingerprint density at radius 3 is 2.39 bits per heavy atom. The summed E-state index contributed by atoms with van der Waals surface area (Å²) in [6.45, 7) is 3.96. The highest BCUT2D eigenvalue weighted by atomic mass is 16.2. The number of nitrogens with one attached hydrogen (secondary N) is 2. The van der Waals surface area contributed by atoms with Gasteiger partial charge in [-0.3, -0.25) is 14.6 Å². The molecule has 3 rings (SSSR count). The van der Waals surface area contributed by atoms with E-state index in [0.29, 0.717) is 5.56 Å². The van der Waals surface area contributed by atoms with Crippen LogP contribution in [0.5, 0.6) is 0 Å². The van der Waals surface area contributed by atoms with Crippen molar-refractivity contribution in [1.29, 1.82) is 0 Å². The predicted molar refractivity (Wildman–Crippen MR) is 88.6 cm³/mol. The maximum atomic E-state index is 12.4. The van der Waals surface area contributed by atoms with Crippen LogP contribution >= 0.6 is 0 Å². The molecule has 0 bridgehead atoms. The number of nitrogens with zero attached hydrogens (tertiary/aromatic N) is 1. The standard InChI is InChI=1S/C18H19N3O2/c1-11-7-12(2)9-15(8-11)21-17(22)13-5-6-19-16(10-13)18(23)20-14-3-4-14/h5-10,14H,3-4H2,1-2H3,(H,20,23)(H,21,22). The van der Waals surface area contributed by atoms with E-state index in [1.807, 2.05) is 32.0 Å². The molecule has 0 spiro atoms. The second-order valence-corrected chi connectivity index (χ2v) is 6.01. The lowest BCUT2D eigenvalue weighted by molar-refractivity contribution is 0.0946. The van der Waals surface area contributed by atoms with E-state index in [4.69, 9.17) is 0 Å². The van der Waals surface area contributed by atoms with Gasteiger partial charge in [-0.2, -0.15) is 0 Å². The van der Waals surface area contributed by atoms with Crippen LogP contribution in [-0.2, 0) is 0 Å². The highest BCUT2D eigenvalue weighted by Crippen LogP contribution is 2.19. The minimum Gasteiger partial charge on any atom is -0.348 e. The van der Waals surface area contributed by atoms with Crippen LogP contribution in [0.15, 0.2) is 36.5 Å². The predicted octanol–water partition coefficient (Wildman–Crippen LogP) is 2.84. The van der Waals surface area contributed by atoms with Gasteiger partial charge in [-0.25, -0.2) is 0 Å². The van der Waals surface area contributed by atoms with E-state index in [-0.39, 0.29) is 23.6 Å². The summed E-state index contributed by atoms with van der Waals surface area (Å²) in [7, 11) is 0. The van der Waals surface area contributed by atoms with Crippen LogP contribution in [0.1, 0.15) is 44.8 Å². The van der Waals surface area contributed by atoms with E-state index in [1.165, 1.54) is 12.3 Å². The number of aryl methyl sites for hydroxylation is 2. The molecule has 1 saturated carbocycles. The Morgan fingerprint density at radius 2 is 1.74 bits per heavy atom. The van der Waals surface area contributed by atoms with E-state index in [1.54, 1.807) is 6.07 Å². The molecule has 23 heavy (non-hydrogen) atoms. The number of pyridine rings is 1. The molecule has 118 valence electrons. The van der Waals surface area contributed by atoms with Gasteiger partial charge < -0.3 is 10.6 Å². The molecule has 1 aliphatic rings. The third-order valence-corrected chi connectivity index (χ3v) is 3.65. The molecule has 0 radical (unpaired) electrons. The fourth-order valence-corrected chi connectivity index (χ4v) is 2.43. The maximum Gasteiger partial charge on any atom is 0.270 e. The van der Waals surface area contributed by atoms with Gasteiger partial charge in [0.15, 0.2) is 0 Å². The minimum absolute atomic E-state index is 0.228. The largest absolute Gasteiger partial charge is 0.348 e. The molecule has 5 heteroatoms. The van der Waals surface area contributed by atoms with Gasteiger partial charge in [-0.15, -0.1) is 0 Å². The number of rotatable bonds is 4. The van der Waals surface area contributed by atoms with Crippen LogP contribution < -0.4 is 10.6 Å². The van der Waals surface area contributed by atoms with Crippen molar-refractivity contribution < 1.29 is 9.59 Å². The minimum atomic E-state index is -0.252. The van der Waals surface area contributed by atoms with Gasteiger partial charge in [-0.05, 0) is 62.1 Å². The molecule has 2 N–H and O–H groups in total. The summed E-state index contributed by atoms with van der Waals surface area (Å²) in [6.07, 6.45) is 3.51. The Bertz CT molecular complexity index is 746. The summed E-state index contributed by atoms with van der Waals surface area (Å²) in [6, 6.07) is 9.25. The first-order valence-electron chi connectivity index (χ1n) is 7.68. The van der Waals surface area contributed by atoms with Gasteiger partial charge in [-0.1, -0.05) is 6.07 Å². The molecule has 1 aromatic carbocycles. The van der Waals surface area contributed by atoms with Crippen LogP contribution in [0, 0.1) is 13.8 Å². The zero-order chi connectivity index (χ0) is 16.4. The van der Waals surface area contributed by atoms with E-state index in [2.05, 4.69) is 15.6 Å². The lowest BCUT2D eigenvalue weighted by atomic mass is 10.1. The zero-order valence-electron chi connectivity index (χ0n) is 13.2. The number of carbonyl (C=O) groups is 2. The van der Waals surface area contributed by atoms with Gasteiger partial charge in [0.1, 0.15) is 5.69 Å². The first-order chi connectivity index (χ1) is 11.0. The number of anilines is 1. The first kappa shape index (κ1) is 15.2. The number of amides is 2. The summed E-state index contributed by atoms with van der Waals surface area (Å²) in [4.78, 5) is 28.4. The van der Waals surface area contributed by atoms with E-state index in [0.717, 1.165) is 29.7 Å². The lowest BCUT2D eigenvalue weighted by Crippen LogP contribution is -2.26. The van der Waals surface area contributed by atoms with E-state index >= 15 is 0 Å². The second-order valence-electron chi connectivity index (χ2n) is 6.01. The summed E-state index contributed by atoms with van der Waals surface area (Å²) in [5, 5.41) is 5.73. The van der Waals surface area contributed by atoms with Crippen LogP contribution in [0.25, 0.3) is 0 Å². The van der Waals surface area contributed by atoms with Crippen molar-refractivity contribution in [3.8, 4) is 0 Å². The molecule has 2 amide bonds. The third-order valence-electron chi connectivity index (χ3n) is 3.65. The van der Waals surface area contributed by atoms with Crippen molar-refractivity contribution in [2.24, 2.45) is 0 Å². The summed E-state index contributed by atoms with van der Waals surface area (Å²) < 4.78 is 0. The quantitative estimate of drug-likeness (QED) is 0.912. The Labute approximate surface area is 135 Å². The molecule has 5 nitrogen and oxygen atoms in total. The van der Waals surface area contributed by atoms with Crippen molar-refractivity contribution >= 4 is 17.5 Å². The summed E-state index contributed by atoms with van der Waals surface area (Å²) >= 11 is 0. The average Bonchev–Trinajstić information content (AvgIpc) is 3.30. The molecule has 1 aliphatic carbocycles. The Kier molecular flexibility index (Phi) is 4.10. The second kappa shape index (κ2) is 6.20. The van der Waals surface area contributed by atoms with Crippen molar-refractivity contribution in [3.63, 3.8) is 0 Å². The molecule has 0 saturated heterocycles. The van der Waals surface area contributed by atoms with Crippen molar-refractivity contribution in [1.82, 2.24) is 10.3 Å². The van der Waals surface area contributed by atoms with Gasteiger partial charge in [0.25, 0.3) is 11.8 Å². The molecule has 0 atom stereocenters. The average molecular weight is 309 g/mol. The van der Waals surface area contributed by atoms with Crippen LogP contribution in [0.3, 0.4) is 0 Å². The van der Waals surface area contributed by atoms with Gasteiger partial charge in [0.2, 0.25) is 0 Å². The SMILES string of the molecule is Cc1cc(C)cc(NC(=O)c2ccnc(C(=O)NC3CC3)c2)c1. The molecule has 1 heterocycles. The number of hydrogen-bond donors (Lipinski definition) is 2. The molecule has 2 aromatic rings. The van der Waals surface area contributed by atoms with Gasteiger partial charge in [0.05, 0.1) is 0 Å². The topological polar surface area (TPSA) is 71.1 Å². The monoisotopic (exact) mass is 309 g/mol. The zero-order valence-corrected chi connectivity index (χ0v) is 13.2. The summed E-state index contributed by atoms with van der Waals surface area (Å²) in [5.41, 5.74) is 3.59. The fourth-order valence-electron chi connectivity index (χ4n) is 2.43. The Morgan fingerprint density at radius 1 is 1.04 bits per heavy atom. The van der Waals surface area contributed by atoms with Gasteiger partial charge in [0, 0.05) is 23.5 Å². The van der Waals surface area contributed by atoms with E-state index < -0.39 is 0 Å². The molecule has 0 aliphatic heterocycles. The summed E-state index contributed by atoms with van der Waals surface area (Å²) in [5.74, 6) is -0.480. The fraction of sp³-hybridized carbons (Fsp3) is 0.278. The Balaban J connectivity index is 1.75. The maximum absolute atomic E-state index is 12.4. The normalized spacial score (nSPS) is 13.5. The van der Waals surface area contributed by atoms with Crippen LogP contribution in [0.2, 0.25) is 0 Å². The molecular formula is C18H19N3O2. The van der Waals surface area contributed by atoms with Crippen LogP contribution in [0.4, 0.5) is 5.69 Å². The van der Waals surface area contributed by atoms with Crippen molar-refractivity contribution in [2.45, 2.75) is 32.7 Å². The van der Waals surface area contributed by atoms with Crippen molar-refractivity contribution in [2.75, 3.05) is 5.32 Å². The molecular weight excluding hydrogens is 290 g/mol. The highest BCUT2D eigenvalue weighted by Gasteiger charge is 2.24.